The number of benzene rings is 1. The highest BCUT2D eigenvalue weighted by Crippen LogP contribution is 2.37. The number of ether oxygens (including phenoxy) is 1. The van der Waals surface area contributed by atoms with Crippen molar-refractivity contribution in [3.63, 3.8) is 0 Å². The molecule has 1 aromatic carbocycles. The maximum absolute atomic E-state index is 13.5. The standard InChI is InChI=1S/C17H27FN2O/c1-4-5-13(2)17(20-10-8-19-9-11-20)15-7-6-14(18)12-16(15)21-3/h6-7,12-13,17,19H,4-5,8-11H2,1-3H3/t13?,17-/m0/s1. The molecule has 1 unspecified atom stereocenters. The third-order valence-electron chi connectivity index (χ3n) is 4.34. The fraction of sp³-hybridized carbons (Fsp3) is 0.647. The first-order chi connectivity index (χ1) is 10.2. The summed E-state index contributed by atoms with van der Waals surface area (Å²) in [6.07, 6.45) is 2.32. The lowest BCUT2D eigenvalue weighted by atomic mass is 9.88. The number of hydrogen-bond acceptors (Lipinski definition) is 3. The quantitative estimate of drug-likeness (QED) is 0.872. The molecule has 0 saturated carbocycles. The normalized spacial score (nSPS) is 19.2. The highest BCUT2D eigenvalue weighted by Gasteiger charge is 2.29. The largest absolute Gasteiger partial charge is 0.496 e. The number of halogens is 1. The second-order valence-corrected chi connectivity index (χ2v) is 5.88. The van der Waals surface area contributed by atoms with Gasteiger partial charge in [0, 0.05) is 43.9 Å². The molecular weight excluding hydrogens is 267 g/mol. The number of rotatable bonds is 6. The van der Waals surface area contributed by atoms with Crippen LogP contribution in [0.5, 0.6) is 5.75 Å². The third kappa shape index (κ3) is 3.95. The number of nitrogens with one attached hydrogen (secondary N) is 1. The SMILES string of the molecule is CCCC(C)[C@@H](c1ccc(F)cc1OC)N1CCNCC1. The fourth-order valence-corrected chi connectivity index (χ4v) is 3.37. The van der Waals surface area contributed by atoms with Gasteiger partial charge in [0.2, 0.25) is 0 Å². The van der Waals surface area contributed by atoms with Gasteiger partial charge in [-0.05, 0) is 18.4 Å². The van der Waals surface area contributed by atoms with Gasteiger partial charge in [0.05, 0.1) is 7.11 Å². The molecule has 1 aliphatic rings. The zero-order valence-electron chi connectivity index (χ0n) is 13.4. The van der Waals surface area contributed by atoms with Crippen LogP contribution in [0.1, 0.15) is 38.3 Å². The van der Waals surface area contributed by atoms with E-state index in [-0.39, 0.29) is 5.82 Å². The molecule has 1 N–H and O–H groups in total. The molecule has 1 aromatic rings. The average Bonchev–Trinajstić information content (AvgIpc) is 2.50. The zero-order valence-corrected chi connectivity index (χ0v) is 13.4. The van der Waals surface area contributed by atoms with Crippen molar-refractivity contribution in [2.75, 3.05) is 33.3 Å². The molecule has 0 aliphatic carbocycles. The van der Waals surface area contributed by atoms with E-state index < -0.39 is 0 Å². The number of piperazine rings is 1. The summed E-state index contributed by atoms with van der Waals surface area (Å²) in [6, 6.07) is 5.24. The third-order valence-corrected chi connectivity index (χ3v) is 4.34. The minimum atomic E-state index is -0.238. The van der Waals surface area contributed by atoms with Crippen LogP contribution in [-0.4, -0.2) is 38.2 Å². The lowest BCUT2D eigenvalue weighted by molar-refractivity contribution is 0.123. The Labute approximate surface area is 127 Å². The van der Waals surface area contributed by atoms with Gasteiger partial charge in [-0.3, -0.25) is 4.90 Å². The van der Waals surface area contributed by atoms with Crippen molar-refractivity contribution in [1.29, 1.82) is 0 Å². The maximum Gasteiger partial charge on any atom is 0.126 e. The van der Waals surface area contributed by atoms with Crippen LogP contribution in [0.15, 0.2) is 18.2 Å². The summed E-state index contributed by atoms with van der Waals surface area (Å²) in [5, 5.41) is 3.40. The Morgan fingerprint density at radius 1 is 1.33 bits per heavy atom. The molecule has 4 heteroatoms. The Morgan fingerprint density at radius 3 is 2.67 bits per heavy atom. The van der Waals surface area contributed by atoms with Gasteiger partial charge in [0.1, 0.15) is 11.6 Å². The summed E-state index contributed by atoms with van der Waals surface area (Å²) in [4.78, 5) is 2.51. The van der Waals surface area contributed by atoms with E-state index in [0.29, 0.717) is 17.7 Å². The molecule has 0 spiro atoms. The molecule has 21 heavy (non-hydrogen) atoms. The molecule has 0 bridgehead atoms. The van der Waals surface area contributed by atoms with Gasteiger partial charge in [-0.1, -0.05) is 26.3 Å². The van der Waals surface area contributed by atoms with Crippen molar-refractivity contribution in [3.05, 3.63) is 29.6 Å². The van der Waals surface area contributed by atoms with Gasteiger partial charge >= 0.3 is 0 Å². The highest BCUT2D eigenvalue weighted by molar-refractivity contribution is 5.37. The average molecular weight is 294 g/mol. The van der Waals surface area contributed by atoms with Crippen LogP contribution in [0.25, 0.3) is 0 Å². The summed E-state index contributed by atoms with van der Waals surface area (Å²) in [6.45, 7) is 8.59. The molecule has 2 rings (SSSR count). The molecule has 118 valence electrons. The Balaban J connectivity index is 2.33. The number of hydrogen-bond donors (Lipinski definition) is 1. The van der Waals surface area contributed by atoms with Gasteiger partial charge in [-0.25, -0.2) is 4.39 Å². The van der Waals surface area contributed by atoms with E-state index in [2.05, 4.69) is 24.1 Å². The summed E-state index contributed by atoms with van der Waals surface area (Å²) < 4.78 is 18.9. The predicted molar refractivity (Wildman–Crippen MR) is 84.2 cm³/mol. The minimum Gasteiger partial charge on any atom is -0.496 e. The van der Waals surface area contributed by atoms with E-state index >= 15 is 0 Å². The first-order valence-corrected chi connectivity index (χ1v) is 7.95. The zero-order chi connectivity index (χ0) is 15.2. The molecule has 1 saturated heterocycles. The summed E-state index contributed by atoms with van der Waals surface area (Å²) in [5.74, 6) is 0.951. The second-order valence-electron chi connectivity index (χ2n) is 5.88. The summed E-state index contributed by atoms with van der Waals surface area (Å²) in [5.41, 5.74) is 1.11. The van der Waals surface area contributed by atoms with Crippen LogP contribution < -0.4 is 10.1 Å². The smallest absolute Gasteiger partial charge is 0.126 e. The molecule has 2 atom stereocenters. The van der Waals surface area contributed by atoms with Crippen LogP contribution in [-0.2, 0) is 0 Å². The summed E-state index contributed by atoms with van der Waals surface area (Å²) in [7, 11) is 1.62. The van der Waals surface area contributed by atoms with Crippen LogP contribution >= 0.6 is 0 Å². The van der Waals surface area contributed by atoms with Gasteiger partial charge in [-0.15, -0.1) is 0 Å². The van der Waals surface area contributed by atoms with Crippen molar-refractivity contribution in [2.24, 2.45) is 5.92 Å². The van der Waals surface area contributed by atoms with Gasteiger partial charge in [-0.2, -0.15) is 0 Å². The molecule has 1 heterocycles. The van der Waals surface area contributed by atoms with E-state index in [4.69, 9.17) is 4.74 Å². The lowest BCUT2D eigenvalue weighted by Crippen LogP contribution is -2.46. The van der Waals surface area contributed by atoms with E-state index in [1.165, 1.54) is 6.07 Å². The van der Waals surface area contributed by atoms with E-state index in [9.17, 15) is 4.39 Å². The van der Waals surface area contributed by atoms with Gasteiger partial charge in [0.15, 0.2) is 0 Å². The van der Waals surface area contributed by atoms with Crippen molar-refractivity contribution in [3.8, 4) is 5.75 Å². The molecule has 0 radical (unpaired) electrons. The van der Waals surface area contributed by atoms with E-state index in [1.54, 1.807) is 13.2 Å². The fourth-order valence-electron chi connectivity index (χ4n) is 3.37. The van der Waals surface area contributed by atoms with Crippen LogP contribution in [0.3, 0.4) is 0 Å². The molecule has 0 aromatic heterocycles. The van der Waals surface area contributed by atoms with Crippen molar-refractivity contribution in [1.82, 2.24) is 10.2 Å². The molecule has 3 nitrogen and oxygen atoms in total. The Morgan fingerprint density at radius 2 is 2.05 bits per heavy atom. The first kappa shape index (κ1) is 16.2. The highest BCUT2D eigenvalue weighted by atomic mass is 19.1. The Hall–Kier alpha value is -1.13. The number of nitrogens with zero attached hydrogens (tertiary/aromatic N) is 1. The maximum atomic E-state index is 13.5. The van der Waals surface area contributed by atoms with Gasteiger partial charge < -0.3 is 10.1 Å². The second kappa shape index (κ2) is 7.76. The summed E-state index contributed by atoms with van der Waals surface area (Å²) >= 11 is 0. The molecular formula is C17H27FN2O. The monoisotopic (exact) mass is 294 g/mol. The minimum absolute atomic E-state index is 0.238. The number of methoxy groups -OCH3 is 1. The van der Waals surface area contributed by atoms with E-state index in [1.807, 2.05) is 6.07 Å². The van der Waals surface area contributed by atoms with Gasteiger partial charge in [0.25, 0.3) is 0 Å². The predicted octanol–water partition coefficient (Wildman–Crippen LogP) is 3.22. The molecule has 1 fully saturated rings. The van der Waals surface area contributed by atoms with Crippen LogP contribution in [0.4, 0.5) is 4.39 Å². The van der Waals surface area contributed by atoms with E-state index in [0.717, 1.165) is 44.6 Å². The lowest BCUT2D eigenvalue weighted by Gasteiger charge is -2.39. The van der Waals surface area contributed by atoms with Crippen LogP contribution in [0.2, 0.25) is 0 Å². The Bertz CT molecular complexity index is 446. The molecule has 1 aliphatic heterocycles. The Kier molecular flexibility index (Phi) is 6.00. The van der Waals surface area contributed by atoms with Crippen molar-refractivity contribution in [2.45, 2.75) is 32.7 Å². The van der Waals surface area contributed by atoms with Crippen molar-refractivity contribution >= 4 is 0 Å². The molecule has 0 amide bonds. The topological polar surface area (TPSA) is 24.5 Å². The first-order valence-electron chi connectivity index (χ1n) is 7.95. The van der Waals surface area contributed by atoms with Crippen molar-refractivity contribution < 1.29 is 9.13 Å². The van der Waals surface area contributed by atoms with Crippen LogP contribution in [0, 0.1) is 11.7 Å².